The summed E-state index contributed by atoms with van der Waals surface area (Å²) in [5.74, 6) is 3.54. The fourth-order valence-corrected chi connectivity index (χ4v) is 7.30. The van der Waals surface area contributed by atoms with Gasteiger partial charge >= 0.3 is 0 Å². The topological polar surface area (TPSA) is 110 Å². The van der Waals surface area contributed by atoms with Gasteiger partial charge in [-0.05, 0) is 111 Å². The summed E-state index contributed by atoms with van der Waals surface area (Å²) in [4.78, 5) is 25.7. The molecule has 2 aromatic heterocycles. The van der Waals surface area contributed by atoms with Gasteiger partial charge < -0.3 is 49.7 Å². The third-order valence-electron chi connectivity index (χ3n) is 10.8. The number of anilines is 6. The Morgan fingerprint density at radius 1 is 0.500 bits per heavy atom. The second-order valence-electron chi connectivity index (χ2n) is 15.9. The maximum Gasteiger partial charge on any atom is 0.124 e. The Kier molecular flexibility index (Phi) is 21.9. The van der Waals surface area contributed by atoms with Gasteiger partial charge in [-0.3, -0.25) is 0 Å². The van der Waals surface area contributed by atoms with Crippen LogP contribution in [0, 0.1) is 25.5 Å². The maximum absolute atomic E-state index is 5.90. The quantitative estimate of drug-likeness (QED) is 0.0384. The number of para-hydroxylation sites is 4. The summed E-state index contributed by atoms with van der Waals surface area (Å²) in [6.45, 7) is 5.39. The van der Waals surface area contributed by atoms with Gasteiger partial charge in [0, 0.05) is 65.9 Å². The van der Waals surface area contributed by atoms with Gasteiger partial charge in [-0.25, -0.2) is 9.97 Å². The van der Waals surface area contributed by atoms with E-state index >= 15 is 0 Å². The summed E-state index contributed by atoms with van der Waals surface area (Å²) in [6.07, 6.45) is 10.9. The van der Waals surface area contributed by atoms with Crippen molar-refractivity contribution in [1.29, 1.82) is 0 Å². The first-order valence-electron chi connectivity index (χ1n) is 23.2. The molecule has 14 heteroatoms. The Labute approximate surface area is 453 Å². The van der Waals surface area contributed by atoms with Crippen LogP contribution in [0.1, 0.15) is 25.7 Å². The molecule has 0 atom stereocenters. The summed E-state index contributed by atoms with van der Waals surface area (Å²) in [7, 11) is 4.03. The molecule has 8 aromatic rings. The summed E-state index contributed by atoms with van der Waals surface area (Å²) < 4.78 is 11.8. The Balaban J connectivity index is 0.000000203. The monoisotopic (exact) mass is 1310 g/mol. The third-order valence-corrected chi connectivity index (χ3v) is 10.8. The number of pyridine rings is 2. The van der Waals surface area contributed by atoms with Gasteiger partial charge in [0.15, 0.2) is 0 Å². The van der Waals surface area contributed by atoms with Crippen LogP contribution in [0.15, 0.2) is 204 Å². The maximum atomic E-state index is 5.90. The Hall–Kier alpha value is -7.26. The van der Waals surface area contributed by atoms with E-state index in [0.717, 1.165) is 94.3 Å². The van der Waals surface area contributed by atoms with Gasteiger partial charge in [0.1, 0.15) is 23.1 Å². The van der Waals surface area contributed by atoms with Crippen LogP contribution in [-0.4, -0.2) is 50.0 Å². The molecule has 0 saturated carbocycles. The first kappa shape index (κ1) is 54.1. The van der Waals surface area contributed by atoms with Crippen LogP contribution in [0.4, 0.5) is 57.1 Å². The first-order chi connectivity index (χ1) is 34.6. The standard InChI is InChI=1S/C32H32N4O2.2C13H11N3.2Pt/c1(9-21-37-31-19-11-17-29(23-31)35-25-33-27-13-5-3-6-14-27)2-10-22-38-32-20-12-18-30(24-32)36-26-34-28-15-7-4-8-16-28;2*1-15-10-16(11-6-3-2-4-7-11)13-12(15)8-5-9-14-13;;/h3-8,11-20,23-26H,1-2,9-10,21-22H2;2*2-6,8-10H,1H3;;/q3*-2;;. The van der Waals surface area contributed by atoms with Crippen molar-refractivity contribution in [3.8, 4) is 11.5 Å². The van der Waals surface area contributed by atoms with Crippen LogP contribution < -0.4 is 29.1 Å². The molecule has 6 aromatic carbocycles. The number of nitrogens with zero attached hydrogens (tertiary/aromatic N) is 10. The average Bonchev–Trinajstić information content (AvgIpc) is 3.94. The van der Waals surface area contributed by atoms with Crippen molar-refractivity contribution in [2.24, 2.45) is 9.98 Å². The second kappa shape index (κ2) is 29.2. The molecule has 0 spiro atoms. The van der Waals surface area contributed by atoms with Gasteiger partial charge in [0.2, 0.25) is 0 Å². The summed E-state index contributed by atoms with van der Waals surface area (Å²) in [6, 6.07) is 65.2. The van der Waals surface area contributed by atoms with Crippen molar-refractivity contribution in [2.45, 2.75) is 25.7 Å². The van der Waals surface area contributed by atoms with Crippen LogP contribution in [0.25, 0.3) is 10.6 Å². The molecule has 0 fully saturated rings. The normalized spacial score (nSPS) is 12.1. The van der Waals surface area contributed by atoms with Crippen LogP contribution in [0.5, 0.6) is 11.5 Å². The van der Waals surface area contributed by atoms with E-state index in [1.165, 1.54) is 0 Å². The fraction of sp³-hybridized carbons (Fsp3) is 0.138. The van der Waals surface area contributed by atoms with Crippen molar-refractivity contribution in [3.05, 3.63) is 230 Å². The molecule has 0 radical (unpaired) electrons. The molecule has 0 N–H and O–H groups in total. The van der Waals surface area contributed by atoms with E-state index in [1.54, 1.807) is 12.7 Å². The van der Waals surface area contributed by atoms with Gasteiger partial charge in [0.05, 0.1) is 13.2 Å². The third kappa shape index (κ3) is 16.1. The molecule has 10 rings (SSSR count). The number of benzene rings is 6. The number of ether oxygens (including phenoxy) is 2. The minimum absolute atomic E-state index is 0. The number of aromatic nitrogens is 2. The van der Waals surface area contributed by atoms with Crippen LogP contribution in [0.2, 0.25) is 0 Å². The summed E-state index contributed by atoms with van der Waals surface area (Å²) in [5, 5.41) is 8.80. The predicted octanol–water partition coefficient (Wildman–Crippen LogP) is 14.6. The van der Waals surface area contributed by atoms with Gasteiger partial charge in [-0.15, -0.1) is 11.4 Å². The second-order valence-corrected chi connectivity index (χ2v) is 15.9. The molecule has 0 amide bonds. The van der Waals surface area contributed by atoms with Gasteiger partial charge in [-0.2, -0.15) is 74.0 Å². The Bertz CT molecular complexity index is 2670. The molecule has 374 valence electrons. The van der Waals surface area contributed by atoms with Crippen molar-refractivity contribution in [3.63, 3.8) is 0 Å². The Morgan fingerprint density at radius 3 is 1.35 bits per heavy atom. The van der Waals surface area contributed by atoms with Crippen molar-refractivity contribution >= 4 is 69.8 Å². The van der Waals surface area contributed by atoms with E-state index in [9.17, 15) is 0 Å². The number of hydrogen-bond donors (Lipinski definition) is 0. The summed E-state index contributed by atoms with van der Waals surface area (Å²) >= 11 is 0. The zero-order valence-corrected chi connectivity index (χ0v) is 44.5. The van der Waals surface area contributed by atoms with Crippen molar-refractivity contribution in [1.82, 2.24) is 9.97 Å². The van der Waals surface area contributed by atoms with Crippen LogP contribution >= 0.6 is 0 Å². The molecule has 0 bridgehead atoms. The number of fused-ring (bicyclic) bond motifs is 2. The van der Waals surface area contributed by atoms with Crippen molar-refractivity contribution in [2.75, 3.05) is 46.9 Å². The van der Waals surface area contributed by atoms with Gasteiger partial charge in [0.25, 0.3) is 0 Å². The van der Waals surface area contributed by atoms with E-state index in [0.29, 0.717) is 13.2 Å². The van der Waals surface area contributed by atoms with E-state index in [2.05, 4.69) is 64.7 Å². The van der Waals surface area contributed by atoms with E-state index < -0.39 is 0 Å². The number of rotatable bonds is 17. The smallest absolute Gasteiger partial charge is 0.124 e. The largest absolute Gasteiger partial charge is 0.502 e. The molecule has 0 unspecified atom stereocenters. The molecule has 2 aliphatic heterocycles. The SMILES string of the molecule is C(=Nc1ccccc1)[N-]c1cccc(OCCCCCCOc2cccc([N-]C=Nc3ccccc3)c2)c1.CN1[CH-]N(c2[c-]cccc2)c2ncccc21.CN1[CH-]N(c2[c-]cccc2)c2ncccc21.[Pt].[Pt]. The zero-order valence-electron chi connectivity index (χ0n) is 39.9. The number of hydrogen-bond acceptors (Lipinski definition) is 10. The molecule has 0 aliphatic carbocycles. The molecular formula is C58H54N10O2Pt2-6. The van der Waals surface area contributed by atoms with E-state index in [-0.39, 0.29) is 42.1 Å². The zero-order chi connectivity index (χ0) is 48.0. The van der Waals surface area contributed by atoms with Crippen LogP contribution in [0.3, 0.4) is 0 Å². The fourth-order valence-electron chi connectivity index (χ4n) is 7.30. The minimum atomic E-state index is 0. The molecule has 12 nitrogen and oxygen atoms in total. The molecule has 4 heterocycles. The number of unbranched alkanes of at least 4 members (excludes halogenated alkanes) is 3. The van der Waals surface area contributed by atoms with E-state index in [1.807, 2.05) is 219 Å². The van der Waals surface area contributed by atoms with Gasteiger partial charge in [-0.1, -0.05) is 97.6 Å². The predicted molar refractivity (Wildman–Crippen MR) is 286 cm³/mol. The molecular weight excluding hydrogens is 1260 g/mol. The number of aliphatic imine (C=N–C) groups is 2. The summed E-state index contributed by atoms with van der Waals surface area (Å²) in [5.41, 5.74) is 7.63. The van der Waals surface area contributed by atoms with Crippen molar-refractivity contribution < 1.29 is 51.6 Å². The first-order valence-corrected chi connectivity index (χ1v) is 23.2. The molecule has 0 saturated heterocycles. The molecule has 72 heavy (non-hydrogen) atoms. The van der Waals surface area contributed by atoms with Crippen LogP contribution in [-0.2, 0) is 42.1 Å². The minimum Gasteiger partial charge on any atom is -0.502 e. The van der Waals surface area contributed by atoms with E-state index in [4.69, 9.17) is 9.47 Å². The molecule has 2 aliphatic rings. The average molecular weight is 1310 g/mol. The Morgan fingerprint density at radius 2 is 0.931 bits per heavy atom.